The van der Waals surface area contributed by atoms with Crippen molar-refractivity contribution in [3.05, 3.63) is 76.1 Å². The molecular weight excluding hydrogens is 554 g/mol. The van der Waals surface area contributed by atoms with Crippen molar-refractivity contribution in [3.63, 3.8) is 0 Å². The Bertz CT molecular complexity index is 1880. The van der Waals surface area contributed by atoms with Crippen LogP contribution in [0.1, 0.15) is 30.4 Å². The van der Waals surface area contributed by atoms with Crippen LogP contribution in [0.2, 0.25) is 0 Å². The predicted octanol–water partition coefficient (Wildman–Crippen LogP) is 3.32. The predicted molar refractivity (Wildman–Crippen MR) is 157 cm³/mol. The van der Waals surface area contributed by atoms with Gasteiger partial charge in [0.15, 0.2) is 0 Å². The molecule has 2 amide bonds. The number of nitrogens with one attached hydrogen (secondary N) is 1. The number of ether oxygens (including phenoxy) is 1. The first-order valence-electron chi connectivity index (χ1n) is 14.0. The molecule has 0 radical (unpaired) electrons. The minimum absolute atomic E-state index is 0.100. The van der Waals surface area contributed by atoms with Gasteiger partial charge in [0.1, 0.15) is 0 Å². The zero-order valence-corrected chi connectivity index (χ0v) is 23.7. The van der Waals surface area contributed by atoms with Crippen molar-refractivity contribution in [2.75, 3.05) is 19.6 Å². The number of carbonyl (C=O) groups is 4. The van der Waals surface area contributed by atoms with Crippen molar-refractivity contribution in [2.24, 2.45) is 20.0 Å². The fraction of sp³-hybridized carbons (Fsp3) is 0.290. The van der Waals surface area contributed by atoms with Gasteiger partial charge in [-0.1, -0.05) is 18.2 Å². The van der Waals surface area contributed by atoms with Crippen LogP contribution < -0.4 is 5.32 Å². The second kappa shape index (κ2) is 11.0. The zero-order chi connectivity index (χ0) is 30.4. The SMILES string of the molecule is Cn1cc(C2=C(c3cn(C)c4cc([N+](=O)[O-])ccc34)C(=O)N(CCC(=O)OC(=O)C3CCNCC3)C2=O)c2ccccc21. The summed E-state index contributed by atoms with van der Waals surface area (Å²) >= 11 is 0. The van der Waals surface area contributed by atoms with E-state index in [0.717, 1.165) is 15.8 Å². The minimum Gasteiger partial charge on any atom is -0.393 e. The maximum atomic E-state index is 14.1. The molecule has 0 saturated carbocycles. The fourth-order valence-electron chi connectivity index (χ4n) is 6.01. The molecular formula is C31H29N5O7. The van der Waals surface area contributed by atoms with Gasteiger partial charge in [-0.15, -0.1) is 0 Å². The van der Waals surface area contributed by atoms with Crippen LogP contribution >= 0.6 is 0 Å². The average molecular weight is 584 g/mol. The molecule has 43 heavy (non-hydrogen) atoms. The Morgan fingerprint density at radius 2 is 1.53 bits per heavy atom. The van der Waals surface area contributed by atoms with Crippen LogP contribution in [0.15, 0.2) is 54.9 Å². The van der Waals surface area contributed by atoms with Gasteiger partial charge in [0.25, 0.3) is 17.5 Å². The molecule has 12 heteroatoms. The number of benzene rings is 2. The molecule has 12 nitrogen and oxygen atoms in total. The third-order valence-corrected chi connectivity index (χ3v) is 8.22. The van der Waals surface area contributed by atoms with Gasteiger partial charge in [0.05, 0.1) is 33.9 Å². The van der Waals surface area contributed by atoms with Crippen LogP contribution in [0.4, 0.5) is 5.69 Å². The van der Waals surface area contributed by atoms with Crippen LogP contribution in [0.25, 0.3) is 33.0 Å². The lowest BCUT2D eigenvalue weighted by molar-refractivity contribution is -0.384. The van der Waals surface area contributed by atoms with Crippen LogP contribution in [0, 0.1) is 16.0 Å². The van der Waals surface area contributed by atoms with Gasteiger partial charge >= 0.3 is 11.9 Å². The number of hydrogen-bond acceptors (Lipinski definition) is 8. The molecule has 0 atom stereocenters. The summed E-state index contributed by atoms with van der Waals surface area (Å²) in [5.74, 6) is -2.94. The third-order valence-electron chi connectivity index (χ3n) is 8.22. The van der Waals surface area contributed by atoms with E-state index in [1.165, 1.54) is 12.1 Å². The fourth-order valence-corrected chi connectivity index (χ4v) is 6.01. The van der Waals surface area contributed by atoms with Crippen LogP contribution in [-0.4, -0.2) is 62.3 Å². The summed E-state index contributed by atoms with van der Waals surface area (Å²) in [5.41, 5.74) is 2.59. The number of imide groups is 1. The highest BCUT2D eigenvalue weighted by Crippen LogP contribution is 2.42. The third kappa shape index (κ3) is 4.89. The number of esters is 2. The summed E-state index contributed by atoms with van der Waals surface area (Å²) in [4.78, 5) is 65.1. The Balaban J connectivity index is 1.38. The lowest BCUT2D eigenvalue weighted by Crippen LogP contribution is -2.35. The van der Waals surface area contributed by atoms with Crippen molar-refractivity contribution >= 4 is 62.4 Å². The lowest BCUT2D eigenvalue weighted by atomic mass is 9.95. The number of fused-ring (bicyclic) bond motifs is 2. The summed E-state index contributed by atoms with van der Waals surface area (Å²) < 4.78 is 8.61. The largest absolute Gasteiger partial charge is 0.393 e. The smallest absolute Gasteiger partial charge is 0.316 e. The van der Waals surface area contributed by atoms with Crippen LogP contribution in [0.5, 0.6) is 0 Å². The number of rotatable bonds is 7. The number of para-hydroxylation sites is 1. The first-order chi connectivity index (χ1) is 20.7. The molecule has 4 aromatic rings. The number of nitrogens with zero attached hydrogens (tertiary/aromatic N) is 4. The number of amides is 2. The van der Waals surface area contributed by atoms with Gasteiger partial charge in [-0.25, -0.2) is 0 Å². The van der Waals surface area contributed by atoms with Crippen molar-refractivity contribution in [3.8, 4) is 0 Å². The van der Waals surface area contributed by atoms with Gasteiger partial charge in [-0.3, -0.25) is 34.2 Å². The second-order valence-electron chi connectivity index (χ2n) is 10.9. The number of hydrogen-bond donors (Lipinski definition) is 1. The Morgan fingerprint density at radius 3 is 2.19 bits per heavy atom. The summed E-state index contributed by atoms with van der Waals surface area (Å²) in [6.07, 6.45) is 4.27. The molecule has 1 fully saturated rings. The highest BCUT2D eigenvalue weighted by molar-refractivity contribution is 6.50. The van der Waals surface area contributed by atoms with E-state index in [4.69, 9.17) is 4.74 Å². The Kier molecular flexibility index (Phi) is 7.14. The van der Waals surface area contributed by atoms with E-state index in [1.54, 1.807) is 30.1 Å². The van der Waals surface area contributed by atoms with Gasteiger partial charge in [0, 0.05) is 72.6 Å². The number of aryl methyl sites for hydroxylation is 2. The molecule has 2 aromatic carbocycles. The quantitative estimate of drug-likeness (QED) is 0.115. The molecule has 2 aromatic heterocycles. The molecule has 0 unspecified atom stereocenters. The number of carbonyl (C=O) groups excluding carboxylic acids is 4. The van der Waals surface area contributed by atoms with E-state index in [-0.39, 0.29) is 35.7 Å². The van der Waals surface area contributed by atoms with Crippen molar-refractivity contribution in [2.45, 2.75) is 19.3 Å². The van der Waals surface area contributed by atoms with Crippen molar-refractivity contribution in [1.29, 1.82) is 0 Å². The maximum Gasteiger partial charge on any atom is 0.316 e. The van der Waals surface area contributed by atoms with Crippen molar-refractivity contribution < 1.29 is 28.8 Å². The molecule has 0 spiro atoms. The molecule has 1 N–H and O–H groups in total. The molecule has 2 aliphatic heterocycles. The molecule has 6 rings (SSSR count). The van der Waals surface area contributed by atoms with Gasteiger partial charge in [-0.05, 0) is 38.1 Å². The first kappa shape index (κ1) is 28.0. The number of aromatic nitrogens is 2. The van der Waals surface area contributed by atoms with Crippen LogP contribution in [-0.2, 0) is 38.0 Å². The number of nitro groups is 1. The molecule has 220 valence electrons. The summed E-state index contributed by atoms with van der Waals surface area (Å²) in [6, 6.07) is 11.8. The summed E-state index contributed by atoms with van der Waals surface area (Å²) in [6.45, 7) is 1.05. The van der Waals surface area contributed by atoms with Gasteiger partial charge in [0.2, 0.25) is 0 Å². The monoisotopic (exact) mass is 583 g/mol. The number of piperidine rings is 1. The maximum absolute atomic E-state index is 14.1. The highest BCUT2D eigenvalue weighted by Gasteiger charge is 2.42. The Morgan fingerprint density at radius 1 is 0.930 bits per heavy atom. The van der Waals surface area contributed by atoms with Crippen molar-refractivity contribution in [1.82, 2.24) is 19.4 Å². The Labute approximate surface area is 245 Å². The van der Waals surface area contributed by atoms with E-state index in [0.29, 0.717) is 48.0 Å². The second-order valence-corrected chi connectivity index (χ2v) is 10.9. The van der Waals surface area contributed by atoms with E-state index in [9.17, 15) is 29.3 Å². The van der Waals surface area contributed by atoms with Gasteiger partial charge < -0.3 is 19.2 Å². The number of nitro benzene ring substituents is 1. The Hall–Kier alpha value is -5.10. The van der Waals surface area contributed by atoms with Gasteiger partial charge in [-0.2, -0.15) is 0 Å². The molecule has 4 heterocycles. The van der Waals surface area contributed by atoms with E-state index in [1.807, 2.05) is 35.9 Å². The summed E-state index contributed by atoms with van der Waals surface area (Å²) in [7, 11) is 3.56. The first-order valence-corrected chi connectivity index (χ1v) is 14.0. The average Bonchev–Trinajstić information content (AvgIpc) is 3.59. The highest BCUT2D eigenvalue weighted by atomic mass is 16.6. The normalized spacial score (nSPS) is 16.1. The molecule has 2 aliphatic rings. The standard InChI is InChI=1S/C31H29N5O7/c1-33-16-22(20-5-3-4-6-24(20)33)27-28(23-17-34(2)25-15-19(36(41)42)7-8-21(23)25)30(39)35(29(27)38)14-11-26(37)43-31(40)18-9-12-32-13-10-18/h3-8,15-18,32H,9-14H2,1-2H3. The topological polar surface area (TPSA) is 146 Å². The minimum atomic E-state index is -0.804. The number of non-ortho nitro benzene ring substituents is 1. The summed E-state index contributed by atoms with van der Waals surface area (Å²) in [5, 5.41) is 15.9. The van der Waals surface area contributed by atoms with E-state index < -0.39 is 28.7 Å². The van der Waals surface area contributed by atoms with E-state index in [2.05, 4.69) is 5.32 Å². The van der Waals surface area contributed by atoms with Crippen LogP contribution in [0.3, 0.4) is 0 Å². The van der Waals surface area contributed by atoms with E-state index >= 15 is 0 Å². The lowest BCUT2D eigenvalue weighted by Gasteiger charge is -2.20. The molecule has 1 saturated heterocycles. The molecule has 0 bridgehead atoms. The molecule has 0 aliphatic carbocycles. The zero-order valence-electron chi connectivity index (χ0n) is 23.7.